The van der Waals surface area contributed by atoms with Crippen LogP contribution in [0.2, 0.25) is 0 Å². The summed E-state index contributed by atoms with van der Waals surface area (Å²) in [5.74, 6) is -0.0625. The molecule has 444 valence electrons. The van der Waals surface area contributed by atoms with Gasteiger partial charge in [0.05, 0.1) is 5.76 Å². The van der Waals surface area contributed by atoms with E-state index in [1.165, 1.54) is 86.7 Å². The average molecular weight is 1850 g/mol. The Morgan fingerprint density at radius 2 is 0.828 bits per heavy atom. The number of hydrogen-bond donors (Lipinski definition) is 1. The van der Waals surface area contributed by atoms with Gasteiger partial charge >= 0.3 is 0 Å². The molecule has 10 heteroatoms. The van der Waals surface area contributed by atoms with Crippen molar-refractivity contribution >= 4 is 5.78 Å². The van der Waals surface area contributed by atoms with E-state index in [9.17, 15) is 4.79 Å². The zero-order valence-electron chi connectivity index (χ0n) is 49.0. The van der Waals surface area contributed by atoms with Gasteiger partial charge in [-0.2, -0.15) is 0 Å². The fourth-order valence-corrected chi connectivity index (χ4v) is 9.10. The predicted octanol–water partition coefficient (Wildman–Crippen LogP) is 19.1. The van der Waals surface area contributed by atoms with Gasteiger partial charge in [0.25, 0.3) is 0 Å². The van der Waals surface area contributed by atoms with Crippen molar-refractivity contribution in [2.24, 2.45) is 0 Å². The number of ketones is 1. The van der Waals surface area contributed by atoms with Crippen molar-refractivity contribution in [3.63, 3.8) is 0 Å². The third-order valence-electron chi connectivity index (χ3n) is 13.3. The number of carbonyl (C=O) groups is 1. The van der Waals surface area contributed by atoms with Gasteiger partial charge in [-0.25, -0.2) is 0 Å². The van der Waals surface area contributed by atoms with Crippen molar-refractivity contribution < 1.29 is 90.3 Å². The van der Waals surface area contributed by atoms with Gasteiger partial charge in [-0.3, -0.25) is 4.79 Å². The second-order valence-corrected chi connectivity index (χ2v) is 19.4. The molecule has 0 saturated heterocycles. The van der Waals surface area contributed by atoms with Crippen molar-refractivity contribution in [2.75, 3.05) is 0 Å². The number of aliphatic hydroxyl groups is 1. The minimum atomic E-state index is -0.125. The molecule has 0 aliphatic carbocycles. The number of aryl methyl sites for hydroxylation is 3. The molecule has 0 unspecified atom stereocenters. The third kappa shape index (κ3) is 21.5. The molecule has 8 aromatic carbocycles. The Labute approximate surface area is 567 Å². The predicted molar refractivity (Wildman–Crippen MR) is 342 cm³/mol. The van der Waals surface area contributed by atoms with Gasteiger partial charge in [0.1, 0.15) is 0 Å². The summed E-state index contributed by atoms with van der Waals surface area (Å²) in [6.07, 6.45) is 8.42. The summed E-state index contributed by atoms with van der Waals surface area (Å²) >= 11 is 0. The second kappa shape index (κ2) is 37.7. The van der Waals surface area contributed by atoms with Crippen molar-refractivity contribution in [2.45, 2.75) is 41.5 Å². The molecule has 12 rings (SSSR count). The number of aliphatic hydroxyl groups excluding tert-OH is 1. The number of rotatable bonds is 9. The summed E-state index contributed by atoms with van der Waals surface area (Å²) < 4.78 is 0. The molecule has 4 heterocycles. The minimum absolute atomic E-state index is 0. The van der Waals surface area contributed by atoms with Gasteiger partial charge in [0, 0.05) is 111 Å². The molecular weight excluding hydrogens is 1780 g/mol. The first-order valence-corrected chi connectivity index (χ1v) is 27.4. The first-order chi connectivity index (χ1) is 40.5. The van der Waals surface area contributed by atoms with Crippen LogP contribution in [0, 0.1) is 52.0 Å². The van der Waals surface area contributed by atoms with Crippen LogP contribution >= 0.6 is 0 Å². The smallest absolute Gasteiger partial charge is 0.155 e. The van der Waals surface area contributed by atoms with Crippen LogP contribution in [0.5, 0.6) is 0 Å². The molecule has 0 bridgehead atoms. The zero-order valence-corrected chi connectivity index (χ0v) is 58.5. The molecule has 0 fully saturated rings. The van der Waals surface area contributed by atoms with Crippen LogP contribution in [0.4, 0.5) is 0 Å². The fourth-order valence-electron chi connectivity index (χ4n) is 9.10. The maximum absolute atomic E-state index is 10.0. The molecule has 6 nitrogen and oxygen atoms in total. The fraction of sp³-hybridized carbons (Fsp3) is 0.0779. The van der Waals surface area contributed by atoms with Gasteiger partial charge in [-0.05, 0) is 92.8 Å². The number of benzene rings is 8. The molecule has 1 N–H and O–H groups in total. The van der Waals surface area contributed by atoms with Crippen LogP contribution < -0.4 is 0 Å². The van der Waals surface area contributed by atoms with Crippen LogP contribution in [0.1, 0.15) is 36.1 Å². The summed E-state index contributed by atoms with van der Waals surface area (Å²) in [5.41, 5.74) is 22.8. The van der Waals surface area contributed by atoms with E-state index in [-0.39, 0.29) is 92.0 Å². The van der Waals surface area contributed by atoms with Crippen molar-refractivity contribution in [1.29, 1.82) is 0 Å². The molecule has 4 aromatic heterocycles. The number of aromatic nitrogens is 4. The largest absolute Gasteiger partial charge is 0.512 e. The van der Waals surface area contributed by atoms with Gasteiger partial charge in [0.2, 0.25) is 0 Å². The van der Waals surface area contributed by atoms with Gasteiger partial charge in [-0.1, -0.05) is 203 Å². The molecular formula is C77H64Ir4N4O2-4. The van der Waals surface area contributed by atoms with Crippen LogP contribution in [0.15, 0.2) is 279 Å². The van der Waals surface area contributed by atoms with E-state index >= 15 is 0 Å². The Kier molecular flexibility index (Phi) is 31.0. The van der Waals surface area contributed by atoms with Gasteiger partial charge < -0.3 is 25.0 Å². The SMILES string of the molecule is CC(=O)C=C(C)O.Cc1c(-c2ccccn2)[c-]ccc1-c1ccccc1.Cc1ccccc1-c1c[c-]c(-c2ccccn2)cc1.Cc1ccccc1-c1c[c-]c(-c2ccccn2)cc1.Cc1cccnc1-c1[c-]ccc(-c2ccccc2)c1.[Ir].[Ir].[Ir].[Ir]. The Hall–Kier alpha value is -7.83. The monoisotopic (exact) mass is 1850 g/mol. The van der Waals surface area contributed by atoms with E-state index in [1.54, 1.807) is 12.4 Å². The number of nitrogens with zero attached hydrogens (tertiary/aromatic N) is 4. The number of allylic oxidation sites excluding steroid dienone is 2. The Bertz CT molecular complexity index is 3800. The standard InChI is InChI=1S/4C18H14N.C5H8O2.4Ir/c2*1-14-6-2-3-7-17(14)15-9-11-16(12-10-15)18-8-4-5-13-19-18;1-14-7-6-12-19-18(14)17-11-5-10-16(13-17)15-8-3-2-4-9-15;1-14-16(15-8-3-2-4-9-15)10-7-11-17(14)18-12-5-6-13-19-18;1-4(6)3-5(2)7;;;;/h2*2-11,13H,1H3;2*2-10,12-13H,1H3;3,6H,1-2H3;;;;/q4*-1;;;;;. The van der Waals surface area contributed by atoms with E-state index in [2.05, 4.69) is 217 Å². The van der Waals surface area contributed by atoms with E-state index in [0.29, 0.717) is 0 Å². The van der Waals surface area contributed by atoms with Crippen molar-refractivity contribution in [1.82, 2.24) is 19.9 Å². The molecule has 12 aromatic rings. The topological polar surface area (TPSA) is 88.9 Å². The average Bonchev–Trinajstić information content (AvgIpc) is 3.73. The molecule has 0 atom stereocenters. The van der Waals surface area contributed by atoms with Crippen molar-refractivity contribution in [3.8, 4) is 89.5 Å². The molecule has 4 radical (unpaired) electrons. The summed E-state index contributed by atoms with van der Waals surface area (Å²) in [4.78, 5) is 27.6. The Morgan fingerprint density at radius 3 is 1.26 bits per heavy atom. The van der Waals surface area contributed by atoms with Crippen molar-refractivity contribution in [3.05, 3.63) is 326 Å². The Balaban J connectivity index is 0.000000236. The molecule has 0 spiro atoms. The van der Waals surface area contributed by atoms with Crippen LogP contribution in [0.3, 0.4) is 0 Å². The third-order valence-corrected chi connectivity index (χ3v) is 13.3. The van der Waals surface area contributed by atoms with Crippen LogP contribution in [-0.4, -0.2) is 30.8 Å². The Morgan fingerprint density at radius 1 is 0.379 bits per heavy atom. The second-order valence-electron chi connectivity index (χ2n) is 19.4. The van der Waals surface area contributed by atoms with E-state index in [0.717, 1.165) is 45.0 Å². The number of hydrogen-bond acceptors (Lipinski definition) is 6. The molecule has 0 amide bonds. The summed E-state index contributed by atoms with van der Waals surface area (Å²) in [7, 11) is 0. The summed E-state index contributed by atoms with van der Waals surface area (Å²) in [6.45, 7) is 11.3. The maximum atomic E-state index is 10.0. The number of pyridine rings is 4. The van der Waals surface area contributed by atoms with E-state index in [1.807, 2.05) is 109 Å². The van der Waals surface area contributed by atoms with Gasteiger partial charge in [0.15, 0.2) is 5.78 Å². The van der Waals surface area contributed by atoms with Gasteiger partial charge in [-0.15, -0.1) is 124 Å². The minimum Gasteiger partial charge on any atom is -0.512 e. The van der Waals surface area contributed by atoms with E-state index in [4.69, 9.17) is 5.11 Å². The van der Waals surface area contributed by atoms with Crippen LogP contribution in [-0.2, 0) is 85.2 Å². The molecule has 0 aliphatic rings. The summed E-state index contributed by atoms with van der Waals surface area (Å²) in [6, 6.07) is 95.3. The number of carbonyl (C=O) groups excluding carboxylic acids is 1. The zero-order chi connectivity index (χ0) is 58.2. The quantitative estimate of drug-likeness (QED) is 0.0880. The van der Waals surface area contributed by atoms with Crippen LogP contribution in [0.25, 0.3) is 89.5 Å². The normalized spacial score (nSPS) is 9.98. The molecule has 87 heavy (non-hydrogen) atoms. The first kappa shape index (κ1) is 71.6. The molecule has 0 saturated carbocycles. The first-order valence-electron chi connectivity index (χ1n) is 27.4. The van der Waals surface area contributed by atoms with E-state index < -0.39 is 0 Å². The summed E-state index contributed by atoms with van der Waals surface area (Å²) in [5, 5.41) is 8.36. The maximum Gasteiger partial charge on any atom is 0.155 e. The molecule has 0 aliphatic heterocycles.